The molecule has 0 saturated heterocycles. The molecule has 12 heteroatoms. The Morgan fingerprint density at radius 2 is 2.08 bits per heavy atom. The Morgan fingerprint density at radius 3 is 2.72 bits per heavy atom. The molecule has 2 atom stereocenters. The minimum Gasteiger partial charge on any atom is -0.507 e. The van der Waals surface area contributed by atoms with E-state index in [2.05, 4.69) is 15.3 Å². The number of halogens is 1. The second-order valence-corrected chi connectivity index (χ2v) is 9.59. The number of rotatable bonds is 7. The number of benzene rings is 1. The summed E-state index contributed by atoms with van der Waals surface area (Å²) in [6, 6.07) is 1.46. The molecule has 0 unspecified atom stereocenters. The maximum atomic E-state index is 13.7. The molecule has 1 aliphatic heterocycles. The average Bonchev–Trinajstić information content (AvgIpc) is 3.45. The van der Waals surface area contributed by atoms with E-state index < -0.39 is 23.1 Å². The van der Waals surface area contributed by atoms with Crippen LogP contribution in [-0.4, -0.2) is 59.6 Å². The molecule has 1 amide bonds. The maximum absolute atomic E-state index is 13.7. The van der Waals surface area contributed by atoms with Gasteiger partial charge in [-0.3, -0.25) is 19.4 Å². The molecule has 10 nitrogen and oxygen atoms in total. The van der Waals surface area contributed by atoms with Crippen LogP contribution >= 0.6 is 22.9 Å². The fourth-order valence-electron chi connectivity index (χ4n) is 4.40. The molecule has 36 heavy (non-hydrogen) atoms. The lowest BCUT2D eigenvalue weighted by Gasteiger charge is -2.37. The Labute approximate surface area is 215 Å². The fraction of sp³-hybridized carbons (Fsp3) is 0.375. The van der Waals surface area contributed by atoms with Gasteiger partial charge in [0.2, 0.25) is 17.3 Å². The summed E-state index contributed by atoms with van der Waals surface area (Å²) < 4.78 is 16.7. The number of carbonyl (C=O) groups excluding carboxylic acids is 3. The van der Waals surface area contributed by atoms with Gasteiger partial charge in [0, 0.05) is 48.7 Å². The number of ketones is 2. The van der Waals surface area contributed by atoms with Crippen LogP contribution in [0.3, 0.4) is 0 Å². The third-order valence-electron chi connectivity index (χ3n) is 6.20. The van der Waals surface area contributed by atoms with Crippen molar-refractivity contribution in [3.05, 3.63) is 39.6 Å². The van der Waals surface area contributed by atoms with Gasteiger partial charge < -0.3 is 24.6 Å². The highest BCUT2D eigenvalue weighted by Gasteiger charge is 2.61. The number of Topliss-reactive ketones (excluding diaryl/α,β-unsaturated/α-hetero) is 2. The molecule has 2 aromatic rings. The number of aliphatic imine (C=N–C) groups is 1. The van der Waals surface area contributed by atoms with E-state index in [4.69, 9.17) is 25.8 Å². The number of aliphatic hydroxyl groups is 1. The number of fused-ring (bicyclic) bond motifs is 1. The van der Waals surface area contributed by atoms with Crippen LogP contribution in [0.25, 0.3) is 0 Å². The van der Waals surface area contributed by atoms with Gasteiger partial charge >= 0.3 is 0 Å². The first-order valence-electron chi connectivity index (χ1n) is 11.0. The molecule has 2 heterocycles. The van der Waals surface area contributed by atoms with Gasteiger partial charge in [-0.1, -0.05) is 18.5 Å². The van der Waals surface area contributed by atoms with Gasteiger partial charge in [-0.05, 0) is 6.92 Å². The van der Waals surface area contributed by atoms with Crippen molar-refractivity contribution in [3.8, 4) is 17.2 Å². The van der Waals surface area contributed by atoms with Crippen LogP contribution in [0.1, 0.15) is 37.0 Å². The first kappa shape index (κ1) is 25.6. The SMILES string of the molecule is COc1cc(OC)c2c(c1Cl)O[C@]1(C2=O)C(O)=C(C(C)=NCCC(=O)Nc2nccs2)C(=O)C[C@H]1C. The number of ether oxygens (including phenoxy) is 3. The lowest BCUT2D eigenvalue weighted by molar-refractivity contribution is -0.119. The standard InChI is InChI=1S/C24H24ClN3O7S/c1-11-9-13(29)17(12(2)26-6-5-16(30)28-23-27-7-8-36-23)21(31)24(11)22(32)18-14(33-3)10-15(34-4)19(25)20(18)35-24/h7-8,10-11,31H,5-6,9H2,1-4H3,(H,27,28,30)/t11-,24+/m1/s1. The number of methoxy groups -OCH3 is 2. The lowest BCUT2D eigenvalue weighted by atomic mass is 9.72. The maximum Gasteiger partial charge on any atom is 0.231 e. The minimum atomic E-state index is -1.88. The van der Waals surface area contributed by atoms with E-state index in [-0.39, 0.29) is 70.2 Å². The number of hydrogen-bond donors (Lipinski definition) is 2. The van der Waals surface area contributed by atoms with Crippen molar-refractivity contribution in [2.24, 2.45) is 10.9 Å². The van der Waals surface area contributed by atoms with Crippen LogP contribution in [0.5, 0.6) is 17.2 Å². The van der Waals surface area contributed by atoms with Crippen molar-refractivity contribution in [3.63, 3.8) is 0 Å². The van der Waals surface area contributed by atoms with Crippen LogP contribution in [-0.2, 0) is 9.59 Å². The Morgan fingerprint density at radius 1 is 1.36 bits per heavy atom. The average molecular weight is 534 g/mol. The van der Waals surface area contributed by atoms with Gasteiger partial charge in [0.15, 0.2) is 22.4 Å². The highest BCUT2D eigenvalue weighted by atomic mass is 35.5. The van der Waals surface area contributed by atoms with Crippen LogP contribution in [0.4, 0.5) is 5.13 Å². The zero-order valence-corrected chi connectivity index (χ0v) is 21.6. The summed E-state index contributed by atoms with van der Waals surface area (Å²) in [6.07, 6.45) is 1.54. The molecular formula is C24H24ClN3O7S. The predicted molar refractivity (Wildman–Crippen MR) is 134 cm³/mol. The zero-order valence-electron chi connectivity index (χ0n) is 20.0. The van der Waals surface area contributed by atoms with E-state index >= 15 is 0 Å². The summed E-state index contributed by atoms with van der Waals surface area (Å²) in [5, 5.41) is 16.3. The van der Waals surface area contributed by atoms with Crippen LogP contribution < -0.4 is 19.5 Å². The minimum absolute atomic E-state index is 0.0124. The second kappa shape index (κ2) is 9.90. The Bertz CT molecular complexity index is 1310. The molecule has 1 aromatic carbocycles. The summed E-state index contributed by atoms with van der Waals surface area (Å²) in [4.78, 5) is 47.1. The van der Waals surface area contributed by atoms with E-state index in [1.54, 1.807) is 18.5 Å². The first-order valence-corrected chi connectivity index (χ1v) is 12.3. The summed E-state index contributed by atoms with van der Waals surface area (Å²) in [5.41, 5.74) is -1.75. The molecule has 4 rings (SSSR count). The number of anilines is 1. The number of nitrogens with zero attached hydrogens (tertiary/aromatic N) is 2. The summed E-state index contributed by atoms with van der Waals surface area (Å²) in [5.74, 6) is -2.10. The smallest absolute Gasteiger partial charge is 0.231 e. The number of carbonyl (C=O) groups is 3. The summed E-state index contributed by atoms with van der Waals surface area (Å²) in [6.45, 7) is 3.23. The molecule has 1 aromatic heterocycles. The normalized spacial score (nSPS) is 21.5. The van der Waals surface area contributed by atoms with Crippen LogP contribution in [0.2, 0.25) is 5.02 Å². The highest BCUT2D eigenvalue weighted by molar-refractivity contribution is 7.13. The van der Waals surface area contributed by atoms with E-state index in [0.29, 0.717) is 5.13 Å². The highest BCUT2D eigenvalue weighted by Crippen LogP contribution is 2.54. The second-order valence-electron chi connectivity index (χ2n) is 8.32. The van der Waals surface area contributed by atoms with Gasteiger partial charge in [-0.25, -0.2) is 4.98 Å². The van der Waals surface area contributed by atoms with E-state index in [9.17, 15) is 19.5 Å². The molecular weight excluding hydrogens is 510 g/mol. The van der Waals surface area contributed by atoms with E-state index in [0.717, 1.165) is 0 Å². The Balaban J connectivity index is 1.67. The van der Waals surface area contributed by atoms with Gasteiger partial charge in [0.25, 0.3) is 0 Å². The van der Waals surface area contributed by atoms with Crippen molar-refractivity contribution < 1.29 is 33.7 Å². The number of aliphatic hydroxyl groups excluding tert-OH is 1. The number of allylic oxidation sites excluding steroid dienone is 1. The molecule has 190 valence electrons. The monoisotopic (exact) mass is 533 g/mol. The van der Waals surface area contributed by atoms with Crippen LogP contribution in [0.15, 0.2) is 34.0 Å². The molecule has 0 fully saturated rings. The molecule has 1 aliphatic carbocycles. The number of amides is 1. The first-order chi connectivity index (χ1) is 17.1. The Hall–Kier alpha value is -3.44. The molecule has 2 aliphatic rings. The number of aromatic nitrogens is 1. The third kappa shape index (κ3) is 4.11. The molecule has 0 saturated carbocycles. The van der Waals surface area contributed by atoms with Gasteiger partial charge in [0.05, 0.1) is 19.8 Å². The van der Waals surface area contributed by atoms with Gasteiger partial charge in [-0.2, -0.15) is 0 Å². The van der Waals surface area contributed by atoms with Crippen molar-refractivity contribution in [1.29, 1.82) is 0 Å². The predicted octanol–water partition coefficient (Wildman–Crippen LogP) is 4.04. The number of thiazole rings is 1. The largest absolute Gasteiger partial charge is 0.507 e. The van der Waals surface area contributed by atoms with E-state index in [1.165, 1.54) is 38.5 Å². The number of nitrogens with one attached hydrogen (secondary N) is 1. The van der Waals surface area contributed by atoms with E-state index in [1.807, 2.05) is 0 Å². The summed E-state index contributed by atoms with van der Waals surface area (Å²) >= 11 is 7.73. The molecule has 2 N–H and O–H groups in total. The van der Waals surface area contributed by atoms with Crippen molar-refractivity contribution in [2.75, 3.05) is 26.1 Å². The Kier molecular flexibility index (Phi) is 7.05. The summed E-state index contributed by atoms with van der Waals surface area (Å²) in [7, 11) is 2.80. The number of hydrogen-bond acceptors (Lipinski definition) is 10. The fourth-order valence-corrected chi connectivity index (χ4v) is 5.21. The van der Waals surface area contributed by atoms with Gasteiger partial charge in [-0.15, -0.1) is 11.3 Å². The van der Waals surface area contributed by atoms with Crippen molar-refractivity contribution in [2.45, 2.75) is 32.3 Å². The molecule has 0 bridgehead atoms. The van der Waals surface area contributed by atoms with Gasteiger partial charge in [0.1, 0.15) is 22.1 Å². The molecule has 0 radical (unpaired) electrons. The topological polar surface area (TPSA) is 136 Å². The quantitative estimate of drug-likeness (QED) is 0.509. The van der Waals surface area contributed by atoms with Crippen LogP contribution in [0, 0.1) is 5.92 Å². The molecule has 1 spiro atoms. The lowest BCUT2D eigenvalue weighted by Crippen LogP contribution is -2.53. The third-order valence-corrected chi connectivity index (χ3v) is 7.25. The van der Waals surface area contributed by atoms with Crippen molar-refractivity contribution in [1.82, 2.24) is 4.98 Å². The van der Waals surface area contributed by atoms with Crippen molar-refractivity contribution >= 4 is 51.3 Å². The zero-order chi connectivity index (χ0) is 26.2.